The number of carbonyl (C=O) groups excluding carboxylic acids is 2. The Hall–Kier alpha value is -1.91. The van der Waals surface area contributed by atoms with E-state index in [9.17, 15) is 14.0 Å². The van der Waals surface area contributed by atoms with E-state index in [-0.39, 0.29) is 23.6 Å². The van der Waals surface area contributed by atoms with Gasteiger partial charge in [-0.05, 0) is 39.8 Å². The van der Waals surface area contributed by atoms with Gasteiger partial charge in [0.25, 0.3) is 5.91 Å². The van der Waals surface area contributed by atoms with Gasteiger partial charge in [0.15, 0.2) is 0 Å². The molecule has 104 valence electrons. The van der Waals surface area contributed by atoms with E-state index in [0.29, 0.717) is 0 Å². The lowest BCUT2D eigenvalue weighted by Crippen LogP contribution is -2.45. The van der Waals surface area contributed by atoms with Gasteiger partial charge < -0.3 is 10.6 Å². The third-order valence-electron chi connectivity index (χ3n) is 2.29. The lowest BCUT2D eigenvalue weighted by atomic mass is 10.1. The number of nitrogens with one attached hydrogen (secondary N) is 2. The van der Waals surface area contributed by atoms with Gasteiger partial charge in [0, 0.05) is 5.54 Å². The first-order chi connectivity index (χ1) is 8.69. The molecule has 0 unspecified atom stereocenters. The maximum atomic E-state index is 13.5. The van der Waals surface area contributed by atoms with Gasteiger partial charge in [0.2, 0.25) is 5.91 Å². The number of halogens is 1. The predicted octanol–water partition coefficient (Wildman–Crippen LogP) is 1.78. The molecule has 0 saturated heterocycles. The van der Waals surface area contributed by atoms with Gasteiger partial charge in [-0.3, -0.25) is 9.59 Å². The van der Waals surface area contributed by atoms with Gasteiger partial charge in [0.05, 0.1) is 12.1 Å². The highest BCUT2D eigenvalue weighted by Crippen LogP contribution is 2.09. The molecule has 0 saturated carbocycles. The maximum absolute atomic E-state index is 13.5. The van der Waals surface area contributed by atoms with Crippen LogP contribution in [0.15, 0.2) is 18.2 Å². The summed E-state index contributed by atoms with van der Waals surface area (Å²) in [6.07, 6.45) is 0. The van der Waals surface area contributed by atoms with E-state index in [4.69, 9.17) is 0 Å². The summed E-state index contributed by atoms with van der Waals surface area (Å²) in [5, 5.41) is 5.10. The van der Waals surface area contributed by atoms with Crippen LogP contribution >= 0.6 is 0 Å². The van der Waals surface area contributed by atoms with Gasteiger partial charge in [-0.25, -0.2) is 4.39 Å². The van der Waals surface area contributed by atoms with E-state index in [1.54, 1.807) is 13.0 Å². The van der Waals surface area contributed by atoms with Crippen molar-refractivity contribution < 1.29 is 14.0 Å². The van der Waals surface area contributed by atoms with E-state index in [0.717, 1.165) is 5.56 Å². The average Bonchev–Trinajstić information content (AvgIpc) is 2.27. The molecule has 0 spiro atoms. The third-order valence-corrected chi connectivity index (χ3v) is 2.29. The van der Waals surface area contributed by atoms with Crippen LogP contribution in [0.25, 0.3) is 0 Å². The minimum Gasteiger partial charge on any atom is -0.350 e. The maximum Gasteiger partial charge on any atom is 0.254 e. The Labute approximate surface area is 112 Å². The van der Waals surface area contributed by atoms with Crippen LogP contribution in [0.3, 0.4) is 0 Å². The highest BCUT2D eigenvalue weighted by Gasteiger charge is 2.16. The summed E-state index contributed by atoms with van der Waals surface area (Å²) in [6, 6.07) is 4.27. The van der Waals surface area contributed by atoms with E-state index in [1.807, 2.05) is 20.8 Å². The van der Waals surface area contributed by atoms with Crippen LogP contribution in [-0.4, -0.2) is 23.9 Å². The van der Waals surface area contributed by atoms with Gasteiger partial charge in [0.1, 0.15) is 5.82 Å². The van der Waals surface area contributed by atoms with Crippen molar-refractivity contribution in [3.8, 4) is 0 Å². The van der Waals surface area contributed by atoms with Crippen molar-refractivity contribution in [1.29, 1.82) is 0 Å². The number of amides is 2. The minimum absolute atomic E-state index is 0.0523. The predicted molar refractivity (Wildman–Crippen MR) is 71.4 cm³/mol. The third kappa shape index (κ3) is 5.07. The highest BCUT2D eigenvalue weighted by molar-refractivity contribution is 5.96. The smallest absolute Gasteiger partial charge is 0.254 e. The number of rotatable bonds is 3. The quantitative estimate of drug-likeness (QED) is 0.876. The second kappa shape index (κ2) is 5.82. The number of benzene rings is 1. The Morgan fingerprint density at radius 1 is 1.26 bits per heavy atom. The second-order valence-electron chi connectivity index (χ2n) is 5.46. The summed E-state index contributed by atoms with van der Waals surface area (Å²) < 4.78 is 13.5. The summed E-state index contributed by atoms with van der Waals surface area (Å²) >= 11 is 0. The van der Waals surface area contributed by atoms with Gasteiger partial charge in [-0.2, -0.15) is 0 Å². The molecular formula is C14H19FN2O2. The zero-order valence-corrected chi connectivity index (χ0v) is 11.6. The topological polar surface area (TPSA) is 58.2 Å². The van der Waals surface area contributed by atoms with Crippen molar-refractivity contribution in [3.63, 3.8) is 0 Å². The van der Waals surface area contributed by atoms with Crippen LogP contribution in [0, 0.1) is 12.7 Å². The fraction of sp³-hybridized carbons (Fsp3) is 0.429. The van der Waals surface area contributed by atoms with Crippen LogP contribution in [-0.2, 0) is 4.79 Å². The molecule has 0 atom stereocenters. The van der Waals surface area contributed by atoms with E-state index < -0.39 is 11.7 Å². The van der Waals surface area contributed by atoms with Crippen LogP contribution in [0.1, 0.15) is 36.7 Å². The fourth-order valence-electron chi connectivity index (χ4n) is 1.53. The zero-order chi connectivity index (χ0) is 14.6. The molecule has 1 aromatic rings. The lowest BCUT2D eigenvalue weighted by molar-refractivity contribution is -0.121. The van der Waals surface area contributed by atoms with Crippen LogP contribution in [0.4, 0.5) is 4.39 Å². The van der Waals surface area contributed by atoms with Crippen molar-refractivity contribution in [1.82, 2.24) is 10.6 Å². The highest BCUT2D eigenvalue weighted by atomic mass is 19.1. The van der Waals surface area contributed by atoms with E-state index in [1.165, 1.54) is 12.1 Å². The second-order valence-corrected chi connectivity index (χ2v) is 5.46. The van der Waals surface area contributed by atoms with Crippen LogP contribution in [0.2, 0.25) is 0 Å². The Bertz CT molecular complexity index is 493. The van der Waals surface area contributed by atoms with Crippen molar-refractivity contribution >= 4 is 11.8 Å². The molecule has 4 nitrogen and oxygen atoms in total. The Morgan fingerprint density at radius 2 is 1.89 bits per heavy atom. The molecule has 1 rings (SSSR count). The molecule has 0 aliphatic heterocycles. The first-order valence-electron chi connectivity index (χ1n) is 6.04. The summed E-state index contributed by atoms with van der Waals surface area (Å²) in [4.78, 5) is 23.3. The standard InChI is InChI=1S/C14H19FN2O2/c1-9-5-6-11(15)10(7-9)13(19)16-8-12(18)17-14(2,3)4/h5-7H,8H2,1-4H3,(H,16,19)(H,17,18). The average molecular weight is 266 g/mol. The molecule has 0 bridgehead atoms. The lowest BCUT2D eigenvalue weighted by Gasteiger charge is -2.20. The zero-order valence-electron chi connectivity index (χ0n) is 11.6. The fourth-order valence-corrected chi connectivity index (χ4v) is 1.53. The normalized spacial score (nSPS) is 11.0. The largest absolute Gasteiger partial charge is 0.350 e. The van der Waals surface area contributed by atoms with E-state index in [2.05, 4.69) is 10.6 Å². The van der Waals surface area contributed by atoms with E-state index >= 15 is 0 Å². The Morgan fingerprint density at radius 3 is 2.47 bits per heavy atom. The molecular weight excluding hydrogens is 247 g/mol. The molecule has 2 N–H and O–H groups in total. The summed E-state index contributed by atoms with van der Waals surface area (Å²) in [7, 11) is 0. The van der Waals surface area contributed by atoms with Crippen LogP contribution < -0.4 is 10.6 Å². The number of hydrogen-bond acceptors (Lipinski definition) is 2. The molecule has 0 radical (unpaired) electrons. The monoisotopic (exact) mass is 266 g/mol. The minimum atomic E-state index is -0.598. The molecule has 19 heavy (non-hydrogen) atoms. The van der Waals surface area contributed by atoms with Gasteiger partial charge in [-0.1, -0.05) is 11.6 Å². The molecule has 5 heteroatoms. The van der Waals surface area contributed by atoms with Crippen molar-refractivity contribution in [2.24, 2.45) is 0 Å². The SMILES string of the molecule is Cc1ccc(F)c(C(=O)NCC(=O)NC(C)(C)C)c1. The molecule has 2 amide bonds. The molecule has 0 aliphatic carbocycles. The summed E-state index contributed by atoms with van der Waals surface area (Å²) in [5.41, 5.74) is 0.366. The molecule has 0 aliphatic rings. The van der Waals surface area contributed by atoms with Crippen molar-refractivity contribution in [2.75, 3.05) is 6.54 Å². The Balaban J connectivity index is 2.61. The van der Waals surface area contributed by atoms with Crippen molar-refractivity contribution in [2.45, 2.75) is 33.2 Å². The first-order valence-corrected chi connectivity index (χ1v) is 6.04. The van der Waals surface area contributed by atoms with Crippen LogP contribution in [0.5, 0.6) is 0 Å². The molecule has 0 aromatic heterocycles. The first kappa shape index (κ1) is 15.1. The Kier molecular flexibility index (Phi) is 4.64. The van der Waals surface area contributed by atoms with Gasteiger partial charge in [-0.15, -0.1) is 0 Å². The molecule has 0 fully saturated rings. The summed E-state index contributed by atoms with van der Waals surface area (Å²) in [5.74, 6) is -1.50. The summed E-state index contributed by atoms with van der Waals surface area (Å²) in [6.45, 7) is 7.11. The molecule has 0 heterocycles. The molecule has 1 aromatic carbocycles. The van der Waals surface area contributed by atoms with Gasteiger partial charge >= 0.3 is 0 Å². The van der Waals surface area contributed by atoms with Crippen molar-refractivity contribution in [3.05, 3.63) is 35.1 Å². The number of aryl methyl sites for hydroxylation is 1. The number of hydrogen-bond donors (Lipinski definition) is 2. The number of carbonyl (C=O) groups is 2.